The van der Waals surface area contributed by atoms with Gasteiger partial charge in [-0.15, -0.1) is 0 Å². The Labute approximate surface area is 109 Å². The summed E-state index contributed by atoms with van der Waals surface area (Å²) < 4.78 is 0. The van der Waals surface area contributed by atoms with Crippen LogP contribution in [0.5, 0.6) is 0 Å². The summed E-state index contributed by atoms with van der Waals surface area (Å²) >= 11 is 0. The van der Waals surface area contributed by atoms with Gasteiger partial charge in [0, 0.05) is 0 Å². The van der Waals surface area contributed by atoms with Crippen LogP contribution < -0.4 is 0 Å². The SMILES string of the molecule is CCCCCC(CC)(CC)CCCC(O)CC. The molecule has 0 aliphatic heterocycles. The van der Waals surface area contributed by atoms with Gasteiger partial charge in [-0.05, 0) is 31.1 Å². The van der Waals surface area contributed by atoms with Crippen molar-refractivity contribution in [3.63, 3.8) is 0 Å². The van der Waals surface area contributed by atoms with Crippen LogP contribution in [0.25, 0.3) is 0 Å². The molecular formula is C16H34O. The largest absolute Gasteiger partial charge is 0.393 e. The molecule has 1 unspecified atom stereocenters. The van der Waals surface area contributed by atoms with E-state index in [1.54, 1.807) is 0 Å². The average molecular weight is 242 g/mol. The molecule has 0 radical (unpaired) electrons. The Morgan fingerprint density at radius 3 is 1.94 bits per heavy atom. The van der Waals surface area contributed by atoms with Gasteiger partial charge in [-0.2, -0.15) is 0 Å². The maximum Gasteiger partial charge on any atom is 0.0537 e. The maximum atomic E-state index is 9.61. The van der Waals surface area contributed by atoms with Crippen LogP contribution in [0.2, 0.25) is 0 Å². The van der Waals surface area contributed by atoms with Crippen LogP contribution in [0.3, 0.4) is 0 Å². The summed E-state index contributed by atoms with van der Waals surface area (Å²) in [5.41, 5.74) is 0.558. The lowest BCUT2D eigenvalue weighted by Gasteiger charge is -2.32. The Morgan fingerprint density at radius 2 is 1.47 bits per heavy atom. The first-order valence-electron chi connectivity index (χ1n) is 7.82. The lowest BCUT2D eigenvalue weighted by atomic mass is 9.74. The van der Waals surface area contributed by atoms with Crippen molar-refractivity contribution < 1.29 is 5.11 Å². The first-order valence-corrected chi connectivity index (χ1v) is 7.82. The topological polar surface area (TPSA) is 20.2 Å². The van der Waals surface area contributed by atoms with Gasteiger partial charge in [0.1, 0.15) is 0 Å². The van der Waals surface area contributed by atoms with E-state index in [2.05, 4.69) is 27.7 Å². The van der Waals surface area contributed by atoms with E-state index in [-0.39, 0.29) is 6.10 Å². The minimum absolute atomic E-state index is 0.0722. The third-order valence-electron chi connectivity index (χ3n) is 4.53. The van der Waals surface area contributed by atoms with Crippen LogP contribution in [0, 0.1) is 5.41 Å². The van der Waals surface area contributed by atoms with E-state index in [0.717, 1.165) is 12.8 Å². The molecule has 0 aromatic rings. The second kappa shape index (κ2) is 9.94. The second-order valence-corrected chi connectivity index (χ2v) is 5.62. The molecule has 0 amide bonds. The van der Waals surface area contributed by atoms with Gasteiger partial charge >= 0.3 is 0 Å². The van der Waals surface area contributed by atoms with Gasteiger partial charge in [-0.25, -0.2) is 0 Å². The molecule has 17 heavy (non-hydrogen) atoms. The number of hydrogen-bond acceptors (Lipinski definition) is 1. The molecule has 0 fully saturated rings. The number of rotatable bonds is 11. The minimum atomic E-state index is -0.0722. The number of aliphatic hydroxyl groups is 1. The van der Waals surface area contributed by atoms with Gasteiger partial charge in [-0.1, -0.05) is 66.2 Å². The van der Waals surface area contributed by atoms with Crippen molar-refractivity contribution in [3.8, 4) is 0 Å². The first kappa shape index (κ1) is 17.0. The molecule has 0 bridgehead atoms. The number of unbranched alkanes of at least 4 members (excludes halogenated alkanes) is 2. The van der Waals surface area contributed by atoms with Crippen LogP contribution >= 0.6 is 0 Å². The van der Waals surface area contributed by atoms with Crippen LogP contribution in [0.1, 0.15) is 91.9 Å². The van der Waals surface area contributed by atoms with Crippen molar-refractivity contribution in [2.24, 2.45) is 5.41 Å². The van der Waals surface area contributed by atoms with Crippen molar-refractivity contribution >= 4 is 0 Å². The molecule has 0 saturated carbocycles. The quantitative estimate of drug-likeness (QED) is 0.486. The molecule has 0 saturated heterocycles. The molecule has 104 valence electrons. The van der Waals surface area contributed by atoms with Crippen LogP contribution in [-0.4, -0.2) is 11.2 Å². The Morgan fingerprint density at radius 1 is 0.882 bits per heavy atom. The Kier molecular flexibility index (Phi) is 9.91. The molecule has 0 aromatic heterocycles. The lowest BCUT2D eigenvalue weighted by molar-refractivity contribution is 0.139. The van der Waals surface area contributed by atoms with E-state index < -0.39 is 0 Å². The van der Waals surface area contributed by atoms with Gasteiger partial charge in [0.15, 0.2) is 0 Å². The monoisotopic (exact) mass is 242 g/mol. The molecule has 1 atom stereocenters. The first-order chi connectivity index (χ1) is 8.14. The zero-order valence-corrected chi connectivity index (χ0v) is 12.6. The third-order valence-corrected chi connectivity index (χ3v) is 4.53. The smallest absolute Gasteiger partial charge is 0.0537 e. The highest BCUT2D eigenvalue weighted by molar-refractivity contribution is 4.77. The van der Waals surface area contributed by atoms with E-state index in [1.807, 2.05) is 0 Å². The lowest BCUT2D eigenvalue weighted by Crippen LogP contribution is -2.19. The van der Waals surface area contributed by atoms with E-state index in [1.165, 1.54) is 51.4 Å². The van der Waals surface area contributed by atoms with Crippen LogP contribution in [0.15, 0.2) is 0 Å². The van der Waals surface area contributed by atoms with Crippen molar-refractivity contribution in [3.05, 3.63) is 0 Å². The Bertz CT molecular complexity index is 161. The highest BCUT2D eigenvalue weighted by atomic mass is 16.3. The third kappa shape index (κ3) is 7.08. The summed E-state index contributed by atoms with van der Waals surface area (Å²) in [7, 11) is 0. The molecule has 0 aliphatic rings. The molecular weight excluding hydrogens is 208 g/mol. The van der Waals surface area contributed by atoms with Gasteiger partial charge in [0.25, 0.3) is 0 Å². The fraction of sp³-hybridized carbons (Fsp3) is 1.00. The minimum Gasteiger partial charge on any atom is -0.393 e. The molecule has 0 heterocycles. The van der Waals surface area contributed by atoms with Crippen LogP contribution in [0.4, 0.5) is 0 Å². The van der Waals surface area contributed by atoms with E-state index in [0.29, 0.717) is 5.41 Å². The second-order valence-electron chi connectivity index (χ2n) is 5.62. The van der Waals surface area contributed by atoms with Crippen molar-refractivity contribution in [1.29, 1.82) is 0 Å². The molecule has 0 aromatic carbocycles. The number of aliphatic hydroxyl groups excluding tert-OH is 1. The average Bonchev–Trinajstić information content (AvgIpc) is 2.37. The highest BCUT2D eigenvalue weighted by Gasteiger charge is 2.24. The summed E-state index contributed by atoms with van der Waals surface area (Å²) in [5, 5.41) is 9.61. The van der Waals surface area contributed by atoms with Crippen LogP contribution in [-0.2, 0) is 0 Å². The van der Waals surface area contributed by atoms with Crippen molar-refractivity contribution in [2.45, 2.75) is 98.0 Å². The van der Waals surface area contributed by atoms with Gasteiger partial charge in [0.05, 0.1) is 6.10 Å². The predicted molar refractivity (Wildman–Crippen MR) is 77.3 cm³/mol. The Hall–Kier alpha value is -0.0400. The van der Waals surface area contributed by atoms with E-state index in [9.17, 15) is 5.11 Å². The fourth-order valence-corrected chi connectivity index (χ4v) is 2.75. The highest BCUT2D eigenvalue weighted by Crippen LogP contribution is 2.38. The molecule has 0 spiro atoms. The zero-order chi connectivity index (χ0) is 13.1. The summed E-state index contributed by atoms with van der Waals surface area (Å²) in [4.78, 5) is 0. The van der Waals surface area contributed by atoms with Gasteiger partial charge in [-0.3, -0.25) is 0 Å². The molecule has 1 N–H and O–H groups in total. The standard InChI is InChI=1S/C16H34O/c1-5-9-10-13-16(7-3,8-4)14-11-12-15(17)6-2/h15,17H,5-14H2,1-4H3. The van der Waals surface area contributed by atoms with Gasteiger partial charge < -0.3 is 5.11 Å². The summed E-state index contributed by atoms with van der Waals surface area (Å²) in [6.07, 6.45) is 12.4. The fourth-order valence-electron chi connectivity index (χ4n) is 2.75. The molecule has 1 nitrogen and oxygen atoms in total. The summed E-state index contributed by atoms with van der Waals surface area (Å²) in [6.45, 7) is 9.02. The van der Waals surface area contributed by atoms with E-state index >= 15 is 0 Å². The molecule has 1 heteroatoms. The van der Waals surface area contributed by atoms with Crippen molar-refractivity contribution in [1.82, 2.24) is 0 Å². The molecule has 0 rings (SSSR count). The van der Waals surface area contributed by atoms with Crippen molar-refractivity contribution in [2.75, 3.05) is 0 Å². The maximum absolute atomic E-state index is 9.61. The zero-order valence-electron chi connectivity index (χ0n) is 12.6. The number of hydrogen-bond donors (Lipinski definition) is 1. The van der Waals surface area contributed by atoms with Gasteiger partial charge in [0.2, 0.25) is 0 Å². The normalized spacial score (nSPS) is 13.9. The van der Waals surface area contributed by atoms with E-state index in [4.69, 9.17) is 0 Å². The molecule has 0 aliphatic carbocycles. The summed E-state index contributed by atoms with van der Waals surface area (Å²) in [6, 6.07) is 0. The predicted octanol–water partition coefficient (Wildman–Crippen LogP) is 5.31. The Balaban J connectivity index is 4.01. The summed E-state index contributed by atoms with van der Waals surface area (Å²) in [5.74, 6) is 0.